The summed E-state index contributed by atoms with van der Waals surface area (Å²) in [6.45, 7) is 0. The van der Waals surface area contributed by atoms with Gasteiger partial charge in [0.05, 0.1) is 16.8 Å². The summed E-state index contributed by atoms with van der Waals surface area (Å²) in [6.07, 6.45) is -9.28. The second-order valence-electron chi connectivity index (χ2n) is 4.49. The minimum Gasteiger partial charge on any atom is -0.478 e. The van der Waals surface area contributed by atoms with Crippen LogP contribution in [0.25, 0.3) is 11.3 Å². The van der Waals surface area contributed by atoms with Gasteiger partial charge in [-0.05, 0) is 30.3 Å². The lowest BCUT2D eigenvalue weighted by molar-refractivity contribution is -0.274. The molecule has 0 aliphatic rings. The van der Waals surface area contributed by atoms with Gasteiger partial charge in [-0.1, -0.05) is 0 Å². The number of rotatable bonds is 3. The molecule has 0 aliphatic heterocycles. The summed E-state index contributed by atoms with van der Waals surface area (Å²) < 4.78 is 78.6. The number of carboxylic acids is 1. The summed E-state index contributed by atoms with van der Waals surface area (Å²) in [6, 6.07) is 4.48. The fourth-order valence-electron chi connectivity index (χ4n) is 1.85. The number of hydrogen-bond donors (Lipinski definition) is 1. The predicted octanol–water partition coefficient (Wildman–Crippen LogP) is 4.36. The van der Waals surface area contributed by atoms with Crippen LogP contribution >= 0.6 is 0 Å². The van der Waals surface area contributed by atoms with E-state index in [2.05, 4.69) is 9.72 Å². The maximum atomic E-state index is 12.9. The molecule has 1 N–H and O–H groups in total. The fourth-order valence-corrected chi connectivity index (χ4v) is 1.85. The van der Waals surface area contributed by atoms with Crippen molar-refractivity contribution in [3.05, 3.63) is 47.7 Å². The quantitative estimate of drug-likeness (QED) is 0.835. The molecule has 0 saturated heterocycles. The van der Waals surface area contributed by atoms with E-state index in [-0.39, 0.29) is 11.3 Å². The standard InChI is InChI=1S/C14H7F6NO3/c15-13(16,17)10-5-11(21-6-9(10)12(22)23)7-1-3-8(4-2-7)24-14(18,19)20/h1-6H,(H,22,23). The highest BCUT2D eigenvalue weighted by Crippen LogP contribution is 2.34. The summed E-state index contributed by atoms with van der Waals surface area (Å²) in [5, 5.41) is 8.77. The Hall–Kier alpha value is -2.78. The van der Waals surface area contributed by atoms with Crippen LogP contribution in [0, 0.1) is 0 Å². The van der Waals surface area contributed by atoms with Crippen LogP contribution in [0.2, 0.25) is 0 Å². The van der Waals surface area contributed by atoms with Crippen molar-refractivity contribution in [3.63, 3.8) is 0 Å². The van der Waals surface area contributed by atoms with Crippen LogP contribution in [0.5, 0.6) is 5.75 Å². The molecule has 0 saturated carbocycles. The van der Waals surface area contributed by atoms with Crippen molar-refractivity contribution in [3.8, 4) is 17.0 Å². The molecular weight excluding hydrogens is 344 g/mol. The highest BCUT2D eigenvalue weighted by molar-refractivity contribution is 5.89. The molecular formula is C14H7F6NO3. The molecule has 0 aliphatic carbocycles. The Kier molecular flexibility index (Phi) is 4.41. The zero-order valence-corrected chi connectivity index (χ0v) is 11.4. The Morgan fingerprint density at radius 1 is 1.04 bits per heavy atom. The van der Waals surface area contributed by atoms with Crippen molar-refractivity contribution in [1.82, 2.24) is 4.98 Å². The lowest BCUT2D eigenvalue weighted by Crippen LogP contribution is -2.17. The van der Waals surface area contributed by atoms with Crippen LogP contribution in [0.4, 0.5) is 26.3 Å². The van der Waals surface area contributed by atoms with Crippen molar-refractivity contribution in [2.45, 2.75) is 12.5 Å². The Morgan fingerprint density at radius 3 is 2.08 bits per heavy atom. The van der Waals surface area contributed by atoms with Crippen LogP contribution in [0.15, 0.2) is 36.5 Å². The van der Waals surface area contributed by atoms with E-state index in [4.69, 9.17) is 5.11 Å². The summed E-state index contributed by atoms with van der Waals surface area (Å²) >= 11 is 0. The first-order valence-electron chi connectivity index (χ1n) is 6.14. The number of nitrogens with zero attached hydrogens (tertiary/aromatic N) is 1. The molecule has 1 aromatic carbocycles. The molecule has 0 fully saturated rings. The van der Waals surface area contributed by atoms with Gasteiger partial charge < -0.3 is 9.84 Å². The monoisotopic (exact) mass is 351 g/mol. The topological polar surface area (TPSA) is 59.4 Å². The van der Waals surface area contributed by atoms with Crippen molar-refractivity contribution >= 4 is 5.97 Å². The number of ether oxygens (including phenoxy) is 1. The smallest absolute Gasteiger partial charge is 0.478 e. The lowest BCUT2D eigenvalue weighted by Gasteiger charge is -2.12. The summed E-state index contributed by atoms with van der Waals surface area (Å²) in [4.78, 5) is 14.4. The number of aromatic nitrogens is 1. The third-order valence-electron chi connectivity index (χ3n) is 2.82. The minimum atomic E-state index is -4.93. The number of hydrogen-bond acceptors (Lipinski definition) is 3. The fraction of sp³-hybridized carbons (Fsp3) is 0.143. The third kappa shape index (κ3) is 4.15. The van der Waals surface area contributed by atoms with Gasteiger partial charge in [-0.2, -0.15) is 13.2 Å². The molecule has 0 bridgehead atoms. The molecule has 2 aromatic rings. The van der Waals surface area contributed by atoms with Gasteiger partial charge in [0.25, 0.3) is 0 Å². The summed E-state index contributed by atoms with van der Waals surface area (Å²) in [5.74, 6) is -2.35. The molecule has 0 amide bonds. The Bertz CT molecular complexity index is 753. The Labute approximate surface area is 130 Å². The first-order chi connectivity index (χ1) is 11.0. The zero-order chi connectivity index (χ0) is 18.1. The van der Waals surface area contributed by atoms with E-state index in [9.17, 15) is 31.1 Å². The van der Waals surface area contributed by atoms with E-state index in [1.807, 2.05) is 0 Å². The van der Waals surface area contributed by atoms with E-state index in [0.29, 0.717) is 12.3 Å². The summed E-state index contributed by atoms with van der Waals surface area (Å²) in [5.41, 5.74) is -2.61. The van der Waals surface area contributed by atoms with E-state index in [1.54, 1.807) is 0 Å². The number of pyridine rings is 1. The SMILES string of the molecule is O=C(O)c1cnc(-c2ccc(OC(F)(F)F)cc2)cc1C(F)(F)F. The molecule has 1 heterocycles. The van der Waals surface area contributed by atoms with E-state index < -0.39 is 35.4 Å². The highest BCUT2D eigenvalue weighted by Gasteiger charge is 2.36. The number of carbonyl (C=O) groups is 1. The van der Waals surface area contributed by atoms with Gasteiger partial charge in [0, 0.05) is 11.8 Å². The molecule has 2 rings (SSSR count). The zero-order valence-electron chi connectivity index (χ0n) is 11.4. The maximum Gasteiger partial charge on any atom is 0.573 e. The van der Waals surface area contributed by atoms with Gasteiger partial charge in [-0.15, -0.1) is 13.2 Å². The second kappa shape index (κ2) is 6.02. The molecule has 10 heteroatoms. The van der Waals surface area contributed by atoms with Gasteiger partial charge in [-0.25, -0.2) is 4.79 Å². The average Bonchev–Trinajstić information content (AvgIpc) is 2.44. The molecule has 24 heavy (non-hydrogen) atoms. The van der Waals surface area contributed by atoms with Crippen molar-refractivity contribution in [2.24, 2.45) is 0 Å². The molecule has 0 atom stereocenters. The van der Waals surface area contributed by atoms with E-state index in [0.717, 1.165) is 24.3 Å². The molecule has 0 radical (unpaired) electrons. The van der Waals surface area contributed by atoms with Crippen molar-refractivity contribution < 1.29 is 41.0 Å². The van der Waals surface area contributed by atoms with Gasteiger partial charge in [0.15, 0.2) is 0 Å². The normalized spacial score (nSPS) is 12.1. The van der Waals surface area contributed by atoms with Crippen LogP contribution < -0.4 is 4.74 Å². The predicted molar refractivity (Wildman–Crippen MR) is 68.3 cm³/mol. The van der Waals surface area contributed by atoms with Crippen molar-refractivity contribution in [1.29, 1.82) is 0 Å². The third-order valence-corrected chi connectivity index (χ3v) is 2.82. The lowest BCUT2D eigenvalue weighted by atomic mass is 10.0. The Morgan fingerprint density at radius 2 is 1.62 bits per heavy atom. The minimum absolute atomic E-state index is 0.0620. The number of alkyl halides is 6. The number of carboxylic acid groups (broad SMARTS) is 1. The van der Waals surface area contributed by atoms with Crippen LogP contribution in [-0.4, -0.2) is 22.4 Å². The largest absolute Gasteiger partial charge is 0.573 e. The van der Waals surface area contributed by atoms with Gasteiger partial charge >= 0.3 is 18.5 Å². The van der Waals surface area contributed by atoms with Crippen LogP contribution in [0.3, 0.4) is 0 Å². The first kappa shape index (κ1) is 17.6. The number of halogens is 6. The molecule has 0 spiro atoms. The molecule has 0 unspecified atom stereocenters. The number of aromatic carboxylic acids is 1. The molecule has 4 nitrogen and oxygen atoms in total. The summed E-state index contributed by atoms with van der Waals surface area (Å²) in [7, 11) is 0. The molecule has 1 aromatic heterocycles. The highest BCUT2D eigenvalue weighted by atomic mass is 19.4. The second-order valence-corrected chi connectivity index (χ2v) is 4.49. The number of benzene rings is 1. The Balaban J connectivity index is 2.41. The maximum absolute atomic E-state index is 12.9. The van der Waals surface area contributed by atoms with E-state index in [1.165, 1.54) is 0 Å². The van der Waals surface area contributed by atoms with E-state index >= 15 is 0 Å². The first-order valence-corrected chi connectivity index (χ1v) is 6.14. The van der Waals surface area contributed by atoms with Gasteiger partial charge in [-0.3, -0.25) is 4.98 Å². The van der Waals surface area contributed by atoms with Gasteiger partial charge in [0.2, 0.25) is 0 Å². The molecule has 128 valence electrons. The van der Waals surface area contributed by atoms with Crippen molar-refractivity contribution in [2.75, 3.05) is 0 Å². The van der Waals surface area contributed by atoms with Gasteiger partial charge in [0.1, 0.15) is 5.75 Å². The van der Waals surface area contributed by atoms with Crippen LogP contribution in [0.1, 0.15) is 15.9 Å². The van der Waals surface area contributed by atoms with Crippen LogP contribution in [-0.2, 0) is 6.18 Å². The average molecular weight is 351 g/mol.